The average Bonchev–Trinajstić information content (AvgIpc) is 2.45. The highest BCUT2D eigenvalue weighted by molar-refractivity contribution is 5.91. The fraction of sp³-hybridized carbons (Fsp3) is 0.538. The van der Waals surface area contributed by atoms with Crippen LogP contribution in [0.25, 0.3) is 0 Å². The number of nitriles is 1. The third-order valence-corrected chi connectivity index (χ3v) is 1.94. The minimum Gasteiger partial charge on any atom is -0.504 e. The molecule has 1 atom stereocenters. The van der Waals surface area contributed by atoms with Gasteiger partial charge in [0.1, 0.15) is 0 Å². The summed E-state index contributed by atoms with van der Waals surface area (Å²) >= 11 is 0. The molecule has 1 N–H and O–H groups in total. The topological polar surface area (TPSA) is 79.6 Å². The van der Waals surface area contributed by atoms with E-state index in [0.29, 0.717) is 12.7 Å². The zero-order chi connectivity index (χ0) is 17.6. The van der Waals surface area contributed by atoms with E-state index in [-0.39, 0.29) is 0 Å². The number of methoxy groups -OCH3 is 1. The molecule has 0 saturated carbocycles. The fourth-order valence-electron chi connectivity index (χ4n) is 0.805. The number of nitrogens with zero attached hydrogens (tertiary/aromatic N) is 1. The lowest BCUT2D eigenvalue weighted by molar-refractivity contribution is -0.124. The SMILES string of the molecule is CCO/C=C/C(O)(CC#N)C(F)F.CO/C=C/C(=O)C(F)F. The van der Waals surface area contributed by atoms with Crippen LogP contribution < -0.4 is 0 Å². The molecule has 0 aromatic rings. The monoisotopic (exact) mass is 327 g/mol. The lowest BCUT2D eigenvalue weighted by atomic mass is 10.0. The molecule has 22 heavy (non-hydrogen) atoms. The maximum absolute atomic E-state index is 12.2. The van der Waals surface area contributed by atoms with Gasteiger partial charge in [0.25, 0.3) is 12.9 Å². The number of aliphatic hydroxyl groups is 1. The van der Waals surface area contributed by atoms with Gasteiger partial charge in [0.15, 0.2) is 5.60 Å². The first-order chi connectivity index (χ1) is 10.2. The molecule has 0 aromatic heterocycles. The summed E-state index contributed by atoms with van der Waals surface area (Å²) in [5.74, 6) is -1.24. The predicted molar refractivity (Wildman–Crippen MR) is 69.1 cm³/mol. The van der Waals surface area contributed by atoms with Crippen molar-refractivity contribution in [3.8, 4) is 6.07 Å². The molecule has 0 aliphatic heterocycles. The van der Waals surface area contributed by atoms with Gasteiger partial charge < -0.3 is 14.6 Å². The number of carbonyl (C=O) groups is 1. The van der Waals surface area contributed by atoms with Crippen molar-refractivity contribution in [2.75, 3.05) is 13.7 Å². The molecular weight excluding hydrogens is 310 g/mol. The van der Waals surface area contributed by atoms with Gasteiger partial charge >= 0.3 is 0 Å². The largest absolute Gasteiger partial charge is 0.504 e. The number of ether oxygens (including phenoxy) is 2. The molecule has 0 rings (SSSR count). The van der Waals surface area contributed by atoms with E-state index in [0.717, 1.165) is 18.6 Å². The van der Waals surface area contributed by atoms with Crippen molar-refractivity contribution in [1.29, 1.82) is 5.26 Å². The first kappa shape index (κ1) is 22.2. The van der Waals surface area contributed by atoms with E-state index in [4.69, 9.17) is 5.26 Å². The highest BCUT2D eigenvalue weighted by Gasteiger charge is 2.35. The Morgan fingerprint density at radius 3 is 2.32 bits per heavy atom. The minimum absolute atomic E-state index is 0.322. The number of alkyl halides is 4. The lowest BCUT2D eigenvalue weighted by Gasteiger charge is -2.19. The molecule has 0 aliphatic carbocycles. The van der Waals surface area contributed by atoms with E-state index < -0.39 is 30.7 Å². The van der Waals surface area contributed by atoms with Gasteiger partial charge in [-0.25, -0.2) is 17.6 Å². The summed E-state index contributed by atoms with van der Waals surface area (Å²) in [4.78, 5) is 9.98. The van der Waals surface area contributed by atoms with E-state index in [2.05, 4.69) is 9.47 Å². The smallest absolute Gasteiger partial charge is 0.300 e. The standard InChI is InChI=1S/C8H11F2NO2.C5H6F2O2/c1-2-13-6-4-8(12,3-5-11)7(9)10;1-9-3-2-4(8)5(6)7/h4,6-7,12H,2-3H2,1H3;2-3,5H,1H3/b6-4+;3-2+. The molecule has 1 unspecified atom stereocenters. The van der Waals surface area contributed by atoms with Crippen molar-refractivity contribution in [2.24, 2.45) is 0 Å². The molecule has 126 valence electrons. The Kier molecular flexibility index (Phi) is 12.8. The number of rotatable bonds is 8. The molecule has 0 saturated heterocycles. The van der Waals surface area contributed by atoms with Crippen LogP contribution in [-0.2, 0) is 14.3 Å². The zero-order valence-electron chi connectivity index (χ0n) is 12.0. The van der Waals surface area contributed by atoms with E-state index in [9.17, 15) is 27.5 Å². The summed E-state index contributed by atoms with van der Waals surface area (Å²) in [6.07, 6.45) is -3.22. The second kappa shape index (κ2) is 12.6. The Morgan fingerprint density at radius 2 is 1.95 bits per heavy atom. The average molecular weight is 327 g/mol. The van der Waals surface area contributed by atoms with Gasteiger partial charge in [-0.1, -0.05) is 0 Å². The summed E-state index contributed by atoms with van der Waals surface area (Å²) in [5, 5.41) is 17.4. The molecule has 0 aromatic carbocycles. The Morgan fingerprint density at radius 1 is 1.36 bits per heavy atom. The molecule has 0 amide bonds. The second-order valence-corrected chi connectivity index (χ2v) is 3.63. The van der Waals surface area contributed by atoms with Gasteiger partial charge in [0.05, 0.1) is 38.7 Å². The van der Waals surface area contributed by atoms with Crippen LogP contribution in [0.2, 0.25) is 0 Å². The van der Waals surface area contributed by atoms with Crippen molar-refractivity contribution in [2.45, 2.75) is 31.8 Å². The van der Waals surface area contributed by atoms with Crippen LogP contribution >= 0.6 is 0 Å². The van der Waals surface area contributed by atoms with Crippen LogP contribution in [0.3, 0.4) is 0 Å². The molecular formula is C13H17F4NO4. The zero-order valence-corrected chi connectivity index (χ0v) is 12.0. The first-order valence-electron chi connectivity index (χ1n) is 5.93. The summed E-state index contributed by atoms with van der Waals surface area (Å²) in [6, 6.07) is 1.48. The molecule has 0 heterocycles. The van der Waals surface area contributed by atoms with Crippen LogP contribution in [-0.4, -0.2) is 43.1 Å². The molecule has 0 spiro atoms. The molecule has 0 radical (unpaired) electrons. The highest BCUT2D eigenvalue weighted by Crippen LogP contribution is 2.21. The number of hydrogen-bond donors (Lipinski definition) is 1. The van der Waals surface area contributed by atoms with Gasteiger partial charge in [-0.15, -0.1) is 0 Å². The third kappa shape index (κ3) is 10.7. The van der Waals surface area contributed by atoms with Gasteiger partial charge in [0.2, 0.25) is 5.78 Å². The van der Waals surface area contributed by atoms with Gasteiger partial charge in [-0.05, 0) is 13.0 Å². The third-order valence-electron chi connectivity index (χ3n) is 1.94. The van der Waals surface area contributed by atoms with E-state index in [1.54, 1.807) is 6.92 Å². The van der Waals surface area contributed by atoms with Crippen molar-refractivity contribution in [1.82, 2.24) is 0 Å². The van der Waals surface area contributed by atoms with Gasteiger partial charge in [0, 0.05) is 6.08 Å². The summed E-state index contributed by atoms with van der Waals surface area (Å²) in [6.45, 7) is 2.00. The number of hydrogen-bond acceptors (Lipinski definition) is 5. The lowest BCUT2D eigenvalue weighted by Crippen LogP contribution is -2.34. The fourth-order valence-corrected chi connectivity index (χ4v) is 0.805. The Labute approximate surface area is 125 Å². The maximum Gasteiger partial charge on any atom is 0.300 e. The number of ketones is 1. The van der Waals surface area contributed by atoms with E-state index >= 15 is 0 Å². The van der Waals surface area contributed by atoms with Crippen molar-refractivity contribution in [3.63, 3.8) is 0 Å². The first-order valence-corrected chi connectivity index (χ1v) is 5.93. The molecule has 0 bridgehead atoms. The van der Waals surface area contributed by atoms with Crippen molar-refractivity contribution < 1.29 is 36.9 Å². The van der Waals surface area contributed by atoms with Crippen molar-refractivity contribution in [3.05, 3.63) is 24.7 Å². The Hall–Kier alpha value is -2.08. The molecule has 9 heteroatoms. The van der Waals surface area contributed by atoms with Crippen LogP contribution in [0.1, 0.15) is 13.3 Å². The predicted octanol–water partition coefficient (Wildman–Crippen LogP) is 2.43. The van der Waals surface area contributed by atoms with Crippen LogP contribution in [0, 0.1) is 11.3 Å². The highest BCUT2D eigenvalue weighted by atomic mass is 19.3. The van der Waals surface area contributed by atoms with Gasteiger partial charge in [-0.3, -0.25) is 4.79 Å². The normalized spacial score (nSPS) is 13.6. The van der Waals surface area contributed by atoms with Crippen molar-refractivity contribution >= 4 is 5.78 Å². The van der Waals surface area contributed by atoms with Gasteiger partial charge in [-0.2, -0.15) is 5.26 Å². The number of allylic oxidation sites excluding steroid dienone is 1. The Balaban J connectivity index is 0. The minimum atomic E-state index is -3.00. The molecule has 5 nitrogen and oxygen atoms in total. The van der Waals surface area contributed by atoms with E-state index in [1.165, 1.54) is 13.2 Å². The maximum atomic E-state index is 12.2. The quantitative estimate of drug-likeness (QED) is 0.421. The molecule has 0 aliphatic rings. The summed E-state index contributed by atoms with van der Waals surface area (Å²) in [5.41, 5.74) is -2.40. The second-order valence-electron chi connectivity index (χ2n) is 3.63. The van der Waals surface area contributed by atoms with Crippen LogP contribution in [0.4, 0.5) is 17.6 Å². The molecule has 0 fully saturated rings. The van der Waals surface area contributed by atoms with Crippen LogP contribution in [0.15, 0.2) is 24.7 Å². The number of halogens is 4. The summed E-state index contributed by atoms with van der Waals surface area (Å²) in [7, 11) is 1.27. The Bertz CT molecular complexity index is 407. The summed E-state index contributed by atoms with van der Waals surface area (Å²) < 4.78 is 55.8. The number of carbonyl (C=O) groups excluding carboxylic acids is 1. The van der Waals surface area contributed by atoms with E-state index in [1.807, 2.05) is 0 Å². The van der Waals surface area contributed by atoms with Crippen LogP contribution in [0.5, 0.6) is 0 Å².